The molecule has 33 heavy (non-hydrogen) atoms. The summed E-state index contributed by atoms with van der Waals surface area (Å²) in [7, 11) is 0. The average Bonchev–Trinajstić information content (AvgIpc) is 3.65. The van der Waals surface area contributed by atoms with Crippen molar-refractivity contribution in [2.24, 2.45) is 29.1 Å². The number of epoxide rings is 1. The molecule has 5 rings (SSSR count). The molecule has 3 heterocycles. The molecule has 8 heteroatoms. The quantitative estimate of drug-likeness (QED) is 0.509. The second-order valence-corrected chi connectivity index (χ2v) is 11.9. The molecule has 0 aromatic carbocycles. The first-order chi connectivity index (χ1) is 15.7. The largest absolute Gasteiger partial charge is 0.462 e. The number of hydrogen-bond acceptors (Lipinski definition) is 8. The number of carbonyl (C=O) groups excluding carboxylic acids is 2. The van der Waals surface area contributed by atoms with E-state index in [1.54, 1.807) is 18.3 Å². The zero-order valence-corrected chi connectivity index (χ0v) is 20.4. The van der Waals surface area contributed by atoms with Crippen LogP contribution in [0.1, 0.15) is 63.1 Å². The number of nitrogens with zero attached hydrogens (tertiary/aromatic N) is 1. The van der Waals surface area contributed by atoms with Crippen molar-refractivity contribution in [1.82, 2.24) is 4.98 Å². The summed E-state index contributed by atoms with van der Waals surface area (Å²) in [6.07, 6.45) is 2.52. The van der Waals surface area contributed by atoms with E-state index in [-0.39, 0.29) is 48.3 Å². The Morgan fingerprint density at radius 3 is 2.79 bits per heavy atom. The van der Waals surface area contributed by atoms with Crippen LogP contribution in [0.5, 0.6) is 0 Å². The lowest BCUT2D eigenvalue weighted by Gasteiger charge is -2.38. The maximum absolute atomic E-state index is 13.1. The molecule has 0 amide bonds. The highest BCUT2D eigenvalue weighted by Gasteiger charge is 2.71. The van der Waals surface area contributed by atoms with Gasteiger partial charge in [-0.1, -0.05) is 20.3 Å². The minimum atomic E-state index is -1.06. The minimum absolute atomic E-state index is 0.0159. The zero-order chi connectivity index (χ0) is 23.5. The number of cyclic esters (lactones) is 1. The molecule has 2 saturated carbocycles. The number of aryl methyl sites for hydroxylation is 1. The van der Waals surface area contributed by atoms with Crippen molar-refractivity contribution in [2.45, 2.75) is 96.2 Å². The van der Waals surface area contributed by atoms with Gasteiger partial charge in [-0.2, -0.15) is 0 Å². The molecule has 4 aliphatic rings. The maximum Gasteiger partial charge on any atom is 0.308 e. The van der Waals surface area contributed by atoms with E-state index >= 15 is 0 Å². The Kier molecular flexibility index (Phi) is 6.17. The molecule has 2 N–H and O–H groups in total. The number of carbonyl (C=O) groups is 2. The number of aliphatic hydroxyl groups excluding tert-OH is 2. The second kappa shape index (κ2) is 8.70. The van der Waals surface area contributed by atoms with Crippen molar-refractivity contribution in [3.05, 3.63) is 16.1 Å². The van der Waals surface area contributed by atoms with Gasteiger partial charge in [-0.05, 0) is 50.4 Å². The maximum atomic E-state index is 13.1. The van der Waals surface area contributed by atoms with Crippen LogP contribution in [0.25, 0.3) is 0 Å². The van der Waals surface area contributed by atoms with E-state index in [4.69, 9.17) is 9.47 Å². The lowest BCUT2D eigenvalue weighted by Crippen LogP contribution is -2.49. The lowest BCUT2D eigenvalue weighted by molar-refractivity contribution is -0.158. The number of aliphatic hydroxyl groups is 2. The van der Waals surface area contributed by atoms with Gasteiger partial charge in [0, 0.05) is 17.7 Å². The highest BCUT2D eigenvalue weighted by atomic mass is 32.1. The van der Waals surface area contributed by atoms with Crippen molar-refractivity contribution < 1.29 is 29.3 Å². The number of Topliss-reactive ketones (excluding diaryl/α,β-unsaturated/α-hetero) is 1. The summed E-state index contributed by atoms with van der Waals surface area (Å²) in [6, 6.07) is 0. The van der Waals surface area contributed by atoms with Crippen molar-refractivity contribution in [1.29, 1.82) is 0 Å². The lowest BCUT2D eigenvalue weighted by atomic mass is 9.69. The molecule has 2 saturated heterocycles. The summed E-state index contributed by atoms with van der Waals surface area (Å²) in [5.74, 6) is -1.10. The van der Waals surface area contributed by atoms with Crippen molar-refractivity contribution in [3.63, 3.8) is 0 Å². The fourth-order valence-corrected chi connectivity index (χ4v) is 7.20. The molecular formula is C25H35NO6S. The minimum Gasteiger partial charge on any atom is -0.462 e. The summed E-state index contributed by atoms with van der Waals surface area (Å²) in [5, 5.41) is 24.9. The van der Waals surface area contributed by atoms with Crippen LogP contribution in [-0.2, 0) is 25.5 Å². The fraction of sp³-hybridized carbons (Fsp3) is 0.800. The van der Waals surface area contributed by atoms with E-state index in [2.05, 4.69) is 11.9 Å². The first kappa shape index (κ1) is 23.4. The van der Waals surface area contributed by atoms with Crippen LogP contribution in [0.2, 0.25) is 0 Å². The van der Waals surface area contributed by atoms with Gasteiger partial charge in [-0.3, -0.25) is 9.59 Å². The highest BCUT2D eigenvalue weighted by Crippen LogP contribution is 2.66. The van der Waals surface area contributed by atoms with E-state index in [1.807, 2.05) is 12.3 Å². The van der Waals surface area contributed by atoms with Crippen LogP contribution in [0.15, 0.2) is 5.38 Å². The summed E-state index contributed by atoms with van der Waals surface area (Å²) in [5.41, 5.74) is 0.101. The van der Waals surface area contributed by atoms with Crippen molar-refractivity contribution >= 4 is 23.1 Å². The molecule has 3 unspecified atom stereocenters. The molecule has 0 spiro atoms. The van der Waals surface area contributed by atoms with E-state index in [9.17, 15) is 19.8 Å². The predicted molar refractivity (Wildman–Crippen MR) is 122 cm³/mol. The molecule has 1 aromatic rings. The Balaban J connectivity index is 1.34. The number of ketones is 1. The molecule has 2 bridgehead atoms. The van der Waals surface area contributed by atoms with Crippen molar-refractivity contribution in [2.75, 3.05) is 0 Å². The number of hydrogen-bond donors (Lipinski definition) is 2. The van der Waals surface area contributed by atoms with Crippen molar-refractivity contribution in [3.8, 4) is 0 Å². The molecule has 2 aliphatic heterocycles. The smallest absolute Gasteiger partial charge is 0.308 e. The van der Waals surface area contributed by atoms with E-state index in [1.165, 1.54) is 0 Å². The third-order valence-corrected chi connectivity index (χ3v) is 9.47. The highest BCUT2D eigenvalue weighted by molar-refractivity contribution is 7.09. The first-order valence-electron chi connectivity index (χ1n) is 12.4. The Morgan fingerprint density at radius 1 is 1.27 bits per heavy atom. The standard InChI is InChI=1S/C25H35NO6S/c1-12(7-15-11-33-14(3)26-15)19-8-20-18(31-20)6-4-5-16-17-10-25(17,21(27)9-22(28)32-19)24(30)13(2)23(16)29/h11-13,16-21,23,27,29H,4-10H2,1-3H3/t12?,13-,16?,17-,18-,19-,20+,21-,23?,25-/m0/s1. The van der Waals surface area contributed by atoms with Crippen LogP contribution >= 0.6 is 11.3 Å². The number of rotatable bonds is 3. The topological polar surface area (TPSA) is 109 Å². The van der Waals surface area contributed by atoms with Gasteiger partial charge in [-0.15, -0.1) is 11.3 Å². The number of esters is 1. The Hall–Kier alpha value is -1.35. The van der Waals surface area contributed by atoms with E-state index in [0.29, 0.717) is 19.3 Å². The number of fused-ring (bicyclic) bond motifs is 1. The third-order valence-electron chi connectivity index (χ3n) is 8.65. The molecule has 0 radical (unpaired) electrons. The van der Waals surface area contributed by atoms with Gasteiger partial charge in [-0.25, -0.2) is 4.98 Å². The molecule has 1 aromatic heterocycles. The Bertz CT molecular complexity index is 918. The second-order valence-electron chi connectivity index (χ2n) is 10.8. The zero-order valence-electron chi connectivity index (χ0n) is 19.6. The normalized spacial score (nSPS) is 44.2. The molecule has 10 atom stereocenters. The average molecular weight is 478 g/mol. The van der Waals surface area contributed by atoms with Crippen LogP contribution in [0, 0.1) is 36.0 Å². The van der Waals surface area contributed by atoms with Gasteiger partial charge < -0.3 is 19.7 Å². The monoisotopic (exact) mass is 477 g/mol. The summed E-state index contributed by atoms with van der Waals surface area (Å²) >= 11 is 1.61. The van der Waals surface area contributed by atoms with Gasteiger partial charge in [0.2, 0.25) is 0 Å². The van der Waals surface area contributed by atoms with Gasteiger partial charge in [0.05, 0.1) is 47.0 Å². The van der Waals surface area contributed by atoms with Gasteiger partial charge in [0.15, 0.2) is 0 Å². The third kappa shape index (κ3) is 4.28. The SMILES string of the molecule is Cc1nc(CC(C)[C@@H]2C[C@H]3O[C@H]3CCCC3C(O)[C@H](C)C(=O)[C@]4(C[C@@H]34)[C@@H](O)CC(=O)O2)cs1. The molecule has 7 nitrogen and oxygen atoms in total. The summed E-state index contributed by atoms with van der Waals surface area (Å²) in [4.78, 5) is 30.6. The van der Waals surface area contributed by atoms with Crippen LogP contribution in [0.3, 0.4) is 0 Å². The summed E-state index contributed by atoms with van der Waals surface area (Å²) in [6.45, 7) is 5.80. The van der Waals surface area contributed by atoms with E-state index in [0.717, 1.165) is 30.0 Å². The number of ether oxygens (including phenoxy) is 2. The first-order valence-corrected chi connectivity index (χ1v) is 13.2. The van der Waals surface area contributed by atoms with Crippen LogP contribution < -0.4 is 0 Å². The number of aromatic nitrogens is 1. The van der Waals surface area contributed by atoms with Crippen LogP contribution in [-0.4, -0.2) is 57.5 Å². The molecule has 2 aliphatic carbocycles. The fourth-order valence-electron chi connectivity index (χ4n) is 6.57. The Morgan fingerprint density at radius 2 is 2.06 bits per heavy atom. The predicted octanol–water partition coefficient (Wildman–Crippen LogP) is 2.84. The van der Waals surface area contributed by atoms with E-state index < -0.39 is 29.5 Å². The molecular weight excluding hydrogens is 442 g/mol. The number of thiazole rings is 1. The van der Waals surface area contributed by atoms with Crippen LogP contribution in [0.4, 0.5) is 0 Å². The summed E-state index contributed by atoms with van der Waals surface area (Å²) < 4.78 is 11.8. The van der Waals surface area contributed by atoms with Gasteiger partial charge >= 0.3 is 5.97 Å². The van der Waals surface area contributed by atoms with Gasteiger partial charge in [0.25, 0.3) is 0 Å². The molecule has 4 fully saturated rings. The van der Waals surface area contributed by atoms with Gasteiger partial charge in [0.1, 0.15) is 11.9 Å². The molecule has 182 valence electrons. The Labute approximate surface area is 198 Å².